The number of amides is 2. The van der Waals surface area contributed by atoms with Gasteiger partial charge in [-0.25, -0.2) is 0 Å². The van der Waals surface area contributed by atoms with Gasteiger partial charge in [-0.1, -0.05) is 13.8 Å². The molecule has 1 unspecified atom stereocenters. The lowest BCUT2D eigenvalue weighted by molar-refractivity contribution is -0.137. The zero-order valence-electron chi connectivity index (χ0n) is 10.2. The molecule has 0 aromatic carbocycles. The molecule has 3 N–H and O–H groups in total. The van der Waals surface area contributed by atoms with Gasteiger partial charge in [-0.05, 0) is 31.3 Å². The third kappa shape index (κ3) is 3.20. The monoisotopic (exact) mass is 227 g/mol. The molecule has 1 heterocycles. The van der Waals surface area contributed by atoms with E-state index in [9.17, 15) is 9.59 Å². The Labute approximate surface area is 96.4 Å². The Hall–Kier alpha value is -1.10. The molecule has 1 fully saturated rings. The van der Waals surface area contributed by atoms with E-state index >= 15 is 0 Å². The molecule has 16 heavy (non-hydrogen) atoms. The summed E-state index contributed by atoms with van der Waals surface area (Å²) >= 11 is 0. The van der Waals surface area contributed by atoms with Gasteiger partial charge in [0.15, 0.2) is 0 Å². The fourth-order valence-electron chi connectivity index (χ4n) is 2.11. The van der Waals surface area contributed by atoms with Gasteiger partial charge in [0.05, 0.1) is 0 Å². The summed E-state index contributed by atoms with van der Waals surface area (Å²) < 4.78 is 0. The lowest BCUT2D eigenvalue weighted by atomic mass is 9.78. The largest absolute Gasteiger partial charge is 0.361 e. The number of nitrogens with zero attached hydrogens (tertiary/aromatic N) is 1. The summed E-state index contributed by atoms with van der Waals surface area (Å²) in [6, 6.07) is 0. The van der Waals surface area contributed by atoms with Crippen molar-refractivity contribution in [1.82, 2.24) is 10.2 Å². The normalized spacial score (nSPS) is 22.1. The molecule has 0 bridgehead atoms. The summed E-state index contributed by atoms with van der Waals surface area (Å²) in [5.74, 6) is -1.07. The van der Waals surface area contributed by atoms with E-state index in [0.717, 1.165) is 19.5 Å². The Kier molecular flexibility index (Phi) is 3.91. The van der Waals surface area contributed by atoms with E-state index in [4.69, 9.17) is 5.73 Å². The summed E-state index contributed by atoms with van der Waals surface area (Å²) in [5.41, 5.74) is 4.88. The SMILES string of the molecule is CN1CCC(C(C)(C)CNC(=O)C(N)=O)C1. The van der Waals surface area contributed by atoms with Crippen LogP contribution in [0.1, 0.15) is 20.3 Å². The highest BCUT2D eigenvalue weighted by atomic mass is 16.2. The maximum absolute atomic E-state index is 11.1. The number of rotatable bonds is 3. The first kappa shape index (κ1) is 13.0. The lowest BCUT2D eigenvalue weighted by Gasteiger charge is -2.31. The van der Waals surface area contributed by atoms with Gasteiger partial charge in [-0.2, -0.15) is 0 Å². The van der Waals surface area contributed by atoms with Gasteiger partial charge in [0.2, 0.25) is 0 Å². The minimum atomic E-state index is -0.917. The standard InChI is InChI=1S/C11H21N3O2/c1-11(2,7-13-10(16)9(12)15)8-4-5-14(3)6-8/h8H,4-7H2,1-3H3,(H2,12,15)(H,13,16). The number of nitrogens with one attached hydrogen (secondary N) is 1. The van der Waals surface area contributed by atoms with Gasteiger partial charge in [-0.3, -0.25) is 9.59 Å². The summed E-state index contributed by atoms with van der Waals surface area (Å²) in [5, 5.41) is 2.58. The molecular formula is C11H21N3O2. The van der Waals surface area contributed by atoms with Crippen molar-refractivity contribution < 1.29 is 9.59 Å². The van der Waals surface area contributed by atoms with Gasteiger partial charge in [-0.15, -0.1) is 0 Å². The van der Waals surface area contributed by atoms with Crippen molar-refractivity contribution in [3.8, 4) is 0 Å². The molecule has 1 saturated heterocycles. The van der Waals surface area contributed by atoms with Crippen LogP contribution in [0.25, 0.3) is 0 Å². The van der Waals surface area contributed by atoms with Crippen molar-refractivity contribution in [2.75, 3.05) is 26.7 Å². The highest BCUT2D eigenvalue weighted by molar-refractivity contribution is 6.34. The maximum Gasteiger partial charge on any atom is 0.309 e. The number of likely N-dealkylation sites (tertiary alicyclic amines) is 1. The van der Waals surface area contributed by atoms with Crippen LogP contribution in [0, 0.1) is 11.3 Å². The second kappa shape index (κ2) is 4.82. The van der Waals surface area contributed by atoms with E-state index < -0.39 is 11.8 Å². The van der Waals surface area contributed by atoms with E-state index in [0.29, 0.717) is 12.5 Å². The minimum Gasteiger partial charge on any atom is -0.361 e. The Morgan fingerprint density at radius 1 is 1.50 bits per heavy atom. The Balaban J connectivity index is 2.45. The number of nitrogens with two attached hydrogens (primary N) is 1. The molecule has 92 valence electrons. The second-order valence-corrected chi connectivity index (χ2v) is 5.28. The van der Waals surface area contributed by atoms with Crippen molar-refractivity contribution in [1.29, 1.82) is 0 Å². The smallest absolute Gasteiger partial charge is 0.309 e. The topological polar surface area (TPSA) is 75.4 Å². The molecule has 5 nitrogen and oxygen atoms in total. The van der Waals surface area contributed by atoms with Gasteiger partial charge in [0, 0.05) is 13.1 Å². The first-order valence-corrected chi connectivity index (χ1v) is 5.59. The van der Waals surface area contributed by atoms with E-state index in [-0.39, 0.29) is 5.41 Å². The maximum atomic E-state index is 11.1. The number of hydrogen-bond acceptors (Lipinski definition) is 3. The van der Waals surface area contributed by atoms with Crippen LogP contribution in [0.3, 0.4) is 0 Å². The molecule has 0 saturated carbocycles. The predicted molar refractivity (Wildman–Crippen MR) is 61.6 cm³/mol. The van der Waals surface area contributed by atoms with Gasteiger partial charge >= 0.3 is 11.8 Å². The van der Waals surface area contributed by atoms with Crippen molar-refractivity contribution in [2.45, 2.75) is 20.3 Å². The molecule has 0 radical (unpaired) electrons. The summed E-state index contributed by atoms with van der Waals surface area (Å²) in [4.78, 5) is 23.9. The predicted octanol–water partition coefficient (Wildman–Crippen LogP) is -0.434. The fourth-order valence-corrected chi connectivity index (χ4v) is 2.11. The summed E-state index contributed by atoms with van der Waals surface area (Å²) in [6.07, 6.45) is 1.13. The van der Waals surface area contributed by atoms with Crippen LogP contribution in [0.5, 0.6) is 0 Å². The molecule has 1 aliphatic heterocycles. The Morgan fingerprint density at radius 2 is 2.12 bits per heavy atom. The van der Waals surface area contributed by atoms with Crippen molar-refractivity contribution in [3.05, 3.63) is 0 Å². The molecule has 1 rings (SSSR count). The molecule has 0 aromatic rings. The Bertz CT molecular complexity index is 289. The van der Waals surface area contributed by atoms with Crippen molar-refractivity contribution in [3.63, 3.8) is 0 Å². The molecule has 0 aliphatic carbocycles. The highest BCUT2D eigenvalue weighted by Gasteiger charge is 2.34. The second-order valence-electron chi connectivity index (χ2n) is 5.28. The van der Waals surface area contributed by atoms with E-state index in [2.05, 4.69) is 31.1 Å². The fraction of sp³-hybridized carbons (Fsp3) is 0.818. The molecule has 1 atom stereocenters. The molecular weight excluding hydrogens is 206 g/mol. The highest BCUT2D eigenvalue weighted by Crippen LogP contribution is 2.32. The quantitative estimate of drug-likeness (QED) is 0.642. The van der Waals surface area contributed by atoms with E-state index in [1.807, 2.05) is 0 Å². The lowest BCUT2D eigenvalue weighted by Crippen LogP contribution is -2.43. The Morgan fingerprint density at radius 3 is 2.56 bits per heavy atom. The summed E-state index contributed by atoms with van der Waals surface area (Å²) in [7, 11) is 2.10. The average molecular weight is 227 g/mol. The van der Waals surface area contributed by atoms with Crippen LogP contribution in [0.4, 0.5) is 0 Å². The van der Waals surface area contributed by atoms with Crippen molar-refractivity contribution in [2.24, 2.45) is 17.1 Å². The molecule has 1 aliphatic rings. The van der Waals surface area contributed by atoms with Crippen molar-refractivity contribution >= 4 is 11.8 Å². The van der Waals surface area contributed by atoms with Crippen LogP contribution in [0.15, 0.2) is 0 Å². The van der Waals surface area contributed by atoms with E-state index in [1.165, 1.54) is 0 Å². The third-order valence-corrected chi connectivity index (χ3v) is 3.42. The van der Waals surface area contributed by atoms with E-state index in [1.54, 1.807) is 0 Å². The van der Waals surface area contributed by atoms with Gasteiger partial charge in [0.25, 0.3) is 0 Å². The first-order chi connectivity index (χ1) is 7.33. The summed E-state index contributed by atoms with van der Waals surface area (Å²) in [6.45, 7) is 6.85. The molecule has 5 heteroatoms. The van der Waals surface area contributed by atoms with Crippen LogP contribution in [-0.4, -0.2) is 43.4 Å². The molecule has 0 aromatic heterocycles. The number of carbonyl (C=O) groups excluding carboxylic acids is 2. The zero-order valence-corrected chi connectivity index (χ0v) is 10.2. The van der Waals surface area contributed by atoms with Gasteiger partial charge in [0.1, 0.15) is 0 Å². The minimum absolute atomic E-state index is 0.00410. The third-order valence-electron chi connectivity index (χ3n) is 3.42. The molecule has 2 amide bonds. The average Bonchev–Trinajstić information content (AvgIpc) is 2.61. The van der Waals surface area contributed by atoms with Crippen LogP contribution in [0.2, 0.25) is 0 Å². The van der Waals surface area contributed by atoms with Crippen LogP contribution < -0.4 is 11.1 Å². The number of hydrogen-bond donors (Lipinski definition) is 2. The number of primary amides is 1. The van der Waals surface area contributed by atoms with Crippen LogP contribution in [-0.2, 0) is 9.59 Å². The first-order valence-electron chi connectivity index (χ1n) is 5.59. The number of carbonyl (C=O) groups is 2. The molecule has 0 spiro atoms. The zero-order chi connectivity index (χ0) is 12.3. The van der Waals surface area contributed by atoms with Crippen LogP contribution >= 0.6 is 0 Å². The van der Waals surface area contributed by atoms with Gasteiger partial charge < -0.3 is 16.0 Å².